The van der Waals surface area contributed by atoms with Gasteiger partial charge in [0.05, 0.1) is 6.20 Å². The van der Waals surface area contributed by atoms with Gasteiger partial charge in [-0.1, -0.05) is 12.1 Å². The maximum Gasteiger partial charge on any atom is 0.182 e. The molecule has 3 nitrogen and oxygen atoms in total. The van der Waals surface area contributed by atoms with Crippen LogP contribution < -0.4 is 4.90 Å². The van der Waals surface area contributed by atoms with Gasteiger partial charge in [0.15, 0.2) is 5.78 Å². The Morgan fingerprint density at radius 2 is 2.10 bits per heavy atom. The molecule has 2 aromatic rings. The van der Waals surface area contributed by atoms with E-state index in [4.69, 9.17) is 0 Å². The number of halogens is 1. The van der Waals surface area contributed by atoms with E-state index in [9.17, 15) is 9.18 Å². The van der Waals surface area contributed by atoms with Crippen LogP contribution in [0.15, 0.2) is 42.6 Å². The van der Waals surface area contributed by atoms with Crippen molar-refractivity contribution in [2.24, 2.45) is 0 Å². The molecular formula is C16H17FN2O. The lowest BCUT2D eigenvalue weighted by atomic mass is 10.1. The fourth-order valence-corrected chi connectivity index (χ4v) is 1.93. The predicted molar refractivity (Wildman–Crippen MR) is 77.6 cm³/mol. The zero-order valence-corrected chi connectivity index (χ0v) is 11.6. The van der Waals surface area contributed by atoms with Crippen LogP contribution in [0.25, 0.3) is 0 Å². The highest BCUT2D eigenvalue weighted by Gasteiger charge is 2.09. The summed E-state index contributed by atoms with van der Waals surface area (Å²) in [5, 5.41) is 0. The third-order valence-electron chi connectivity index (χ3n) is 3.13. The number of ketones is 1. The molecule has 0 atom stereocenters. The Morgan fingerprint density at radius 3 is 2.75 bits per heavy atom. The first-order valence-corrected chi connectivity index (χ1v) is 6.49. The molecule has 0 fully saturated rings. The molecule has 0 saturated heterocycles. The van der Waals surface area contributed by atoms with Gasteiger partial charge in [-0.3, -0.25) is 9.78 Å². The van der Waals surface area contributed by atoms with Crippen LogP contribution in [0, 0.1) is 12.7 Å². The van der Waals surface area contributed by atoms with Crippen molar-refractivity contribution in [1.29, 1.82) is 0 Å². The van der Waals surface area contributed by atoms with Crippen LogP contribution in [0.2, 0.25) is 0 Å². The van der Waals surface area contributed by atoms with E-state index in [-0.39, 0.29) is 5.78 Å². The van der Waals surface area contributed by atoms with Crippen LogP contribution in [-0.4, -0.2) is 24.4 Å². The minimum absolute atomic E-state index is 0.0792. The van der Waals surface area contributed by atoms with Crippen molar-refractivity contribution >= 4 is 11.5 Å². The summed E-state index contributed by atoms with van der Waals surface area (Å²) in [7, 11) is 1.94. The zero-order chi connectivity index (χ0) is 14.5. The van der Waals surface area contributed by atoms with Gasteiger partial charge in [-0.15, -0.1) is 0 Å². The molecule has 0 aliphatic carbocycles. The van der Waals surface area contributed by atoms with Crippen LogP contribution in [0.5, 0.6) is 0 Å². The van der Waals surface area contributed by atoms with E-state index in [1.54, 1.807) is 0 Å². The van der Waals surface area contributed by atoms with Gasteiger partial charge < -0.3 is 4.90 Å². The number of aromatic nitrogens is 1. The van der Waals surface area contributed by atoms with Gasteiger partial charge in [0.1, 0.15) is 11.5 Å². The summed E-state index contributed by atoms with van der Waals surface area (Å²) in [4.78, 5) is 17.8. The fraction of sp³-hybridized carbons (Fsp3) is 0.250. The van der Waals surface area contributed by atoms with E-state index in [1.807, 2.05) is 37.1 Å². The number of hydrogen-bond donors (Lipinski definition) is 0. The van der Waals surface area contributed by atoms with E-state index in [0.717, 1.165) is 11.9 Å². The molecule has 0 saturated carbocycles. The Hall–Kier alpha value is -2.23. The van der Waals surface area contributed by atoms with Gasteiger partial charge in [0.2, 0.25) is 0 Å². The molecule has 104 valence electrons. The molecule has 0 aliphatic rings. The maximum absolute atomic E-state index is 12.7. The van der Waals surface area contributed by atoms with E-state index in [1.165, 1.54) is 17.7 Å². The molecule has 0 bridgehead atoms. The second-order valence-corrected chi connectivity index (χ2v) is 4.80. The van der Waals surface area contributed by atoms with Crippen LogP contribution in [0.4, 0.5) is 10.1 Å². The van der Waals surface area contributed by atoms with Crippen molar-refractivity contribution in [1.82, 2.24) is 4.98 Å². The number of hydrogen-bond acceptors (Lipinski definition) is 3. The number of aryl methyl sites for hydroxylation is 1. The molecule has 0 radical (unpaired) electrons. The average molecular weight is 272 g/mol. The Labute approximate surface area is 118 Å². The van der Waals surface area contributed by atoms with Crippen LogP contribution in [-0.2, 0) is 0 Å². The van der Waals surface area contributed by atoms with Gasteiger partial charge in [-0.25, -0.2) is 4.39 Å². The van der Waals surface area contributed by atoms with Crippen molar-refractivity contribution in [3.05, 3.63) is 59.7 Å². The lowest BCUT2D eigenvalue weighted by molar-refractivity contribution is 0.0980. The number of anilines is 1. The number of pyridine rings is 1. The quantitative estimate of drug-likeness (QED) is 0.783. The SMILES string of the molecule is Cc1cccc(N(C)CCC(=O)c2ccc(F)cn2)c1. The molecule has 0 unspecified atom stereocenters. The number of rotatable bonds is 5. The molecule has 4 heteroatoms. The topological polar surface area (TPSA) is 33.2 Å². The Kier molecular flexibility index (Phi) is 4.45. The minimum atomic E-state index is -0.432. The normalized spacial score (nSPS) is 10.3. The fourth-order valence-electron chi connectivity index (χ4n) is 1.93. The molecule has 20 heavy (non-hydrogen) atoms. The third-order valence-corrected chi connectivity index (χ3v) is 3.13. The minimum Gasteiger partial charge on any atom is -0.374 e. The molecule has 0 N–H and O–H groups in total. The lowest BCUT2D eigenvalue weighted by Gasteiger charge is -2.19. The molecule has 0 amide bonds. The monoisotopic (exact) mass is 272 g/mol. The van der Waals surface area contributed by atoms with Gasteiger partial charge >= 0.3 is 0 Å². The molecule has 1 heterocycles. The van der Waals surface area contributed by atoms with E-state index in [2.05, 4.69) is 11.1 Å². The second kappa shape index (κ2) is 6.28. The average Bonchev–Trinajstić information content (AvgIpc) is 2.45. The molecule has 2 rings (SSSR count). The summed E-state index contributed by atoms with van der Waals surface area (Å²) in [6.07, 6.45) is 1.42. The first kappa shape index (κ1) is 14.2. The molecular weight excluding hydrogens is 255 g/mol. The lowest BCUT2D eigenvalue weighted by Crippen LogP contribution is -2.21. The van der Waals surface area contributed by atoms with Crippen molar-refractivity contribution in [2.75, 3.05) is 18.5 Å². The van der Waals surface area contributed by atoms with Crippen molar-refractivity contribution < 1.29 is 9.18 Å². The zero-order valence-electron chi connectivity index (χ0n) is 11.6. The van der Waals surface area contributed by atoms with Gasteiger partial charge in [0.25, 0.3) is 0 Å². The van der Waals surface area contributed by atoms with E-state index >= 15 is 0 Å². The van der Waals surface area contributed by atoms with E-state index in [0.29, 0.717) is 18.7 Å². The Bertz CT molecular complexity index is 596. The number of benzene rings is 1. The number of carbonyl (C=O) groups excluding carboxylic acids is 1. The first-order valence-electron chi connectivity index (χ1n) is 6.49. The number of nitrogens with zero attached hydrogens (tertiary/aromatic N) is 2. The molecule has 0 spiro atoms. The highest BCUT2D eigenvalue weighted by atomic mass is 19.1. The van der Waals surface area contributed by atoms with E-state index < -0.39 is 5.82 Å². The highest BCUT2D eigenvalue weighted by molar-refractivity contribution is 5.94. The standard InChI is InChI=1S/C16H17FN2O/c1-12-4-3-5-14(10-12)19(2)9-8-16(20)15-7-6-13(17)11-18-15/h3-7,10-11H,8-9H2,1-2H3. The van der Waals surface area contributed by atoms with Crippen LogP contribution in [0.1, 0.15) is 22.5 Å². The molecule has 1 aromatic heterocycles. The summed E-state index contributed by atoms with van der Waals surface area (Å²) in [5.74, 6) is -0.511. The van der Waals surface area contributed by atoms with Crippen molar-refractivity contribution in [3.63, 3.8) is 0 Å². The summed E-state index contributed by atoms with van der Waals surface area (Å²) < 4.78 is 12.7. The number of carbonyl (C=O) groups is 1. The Morgan fingerprint density at radius 1 is 1.30 bits per heavy atom. The number of Topliss-reactive ketones (excluding diaryl/α,β-unsaturated/α-hetero) is 1. The summed E-state index contributed by atoms with van der Waals surface area (Å²) in [6, 6.07) is 10.8. The van der Waals surface area contributed by atoms with Crippen molar-refractivity contribution in [3.8, 4) is 0 Å². The van der Waals surface area contributed by atoms with Crippen LogP contribution in [0.3, 0.4) is 0 Å². The molecule has 1 aromatic carbocycles. The third kappa shape index (κ3) is 3.63. The van der Waals surface area contributed by atoms with Crippen molar-refractivity contribution in [2.45, 2.75) is 13.3 Å². The van der Waals surface area contributed by atoms with Crippen LogP contribution >= 0.6 is 0 Å². The maximum atomic E-state index is 12.7. The predicted octanol–water partition coefficient (Wildman–Crippen LogP) is 3.24. The largest absolute Gasteiger partial charge is 0.374 e. The van der Waals surface area contributed by atoms with Gasteiger partial charge in [-0.2, -0.15) is 0 Å². The Balaban J connectivity index is 1.94. The van der Waals surface area contributed by atoms with Gasteiger partial charge in [0, 0.05) is 25.7 Å². The molecule has 0 aliphatic heterocycles. The summed E-state index contributed by atoms with van der Waals surface area (Å²) in [5.41, 5.74) is 2.56. The second-order valence-electron chi connectivity index (χ2n) is 4.80. The smallest absolute Gasteiger partial charge is 0.182 e. The summed E-state index contributed by atoms with van der Waals surface area (Å²) >= 11 is 0. The highest BCUT2D eigenvalue weighted by Crippen LogP contribution is 2.14. The first-order chi connectivity index (χ1) is 9.56. The van der Waals surface area contributed by atoms with Gasteiger partial charge in [-0.05, 0) is 36.8 Å². The summed E-state index contributed by atoms with van der Waals surface area (Å²) in [6.45, 7) is 2.63.